The third kappa shape index (κ3) is 6.55. The van der Waals surface area contributed by atoms with Crippen LogP contribution in [0, 0.1) is 0 Å². The number of para-hydroxylation sites is 2. The van der Waals surface area contributed by atoms with Crippen LogP contribution in [0.3, 0.4) is 0 Å². The molecule has 4 heterocycles. The van der Waals surface area contributed by atoms with Gasteiger partial charge in [0.05, 0.1) is 15.7 Å². The van der Waals surface area contributed by atoms with E-state index in [9.17, 15) is 0 Å². The molecule has 0 aliphatic heterocycles. The van der Waals surface area contributed by atoms with Gasteiger partial charge >= 0.3 is 0 Å². The van der Waals surface area contributed by atoms with Crippen molar-refractivity contribution in [2.75, 3.05) is 0 Å². The number of thiophene rings is 1. The van der Waals surface area contributed by atoms with Gasteiger partial charge in [0.1, 0.15) is 21.6 Å². The van der Waals surface area contributed by atoms with E-state index in [4.69, 9.17) is 24.9 Å². The molecule has 11 aromatic rings. The van der Waals surface area contributed by atoms with Gasteiger partial charge in [-0.15, -0.1) is 21.5 Å². The summed E-state index contributed by atoms with van der Waals surface area (Å²) in [4.78, 5) is 25.4. The molecule has 0 atom stereocenters. The zero-order valence-corrected chi connectivity index (χ0v) is 32.1. The molecule has 0 fully saturated rings. The molecular weight excluding hydrogens is 745 g/mol. The molecule has 4 aromatic heterocycles. The summed E-state index contributed by atoms with van der Waals surface area (Å²) in [5, 5.41) is 13.1. The Hall–Kier alpha value is -7.88. The van der Waals surface area contributed by atoms with Crippen molar-refractivity contribution in [3.63, 3.8) is 0 Å². The van der Waals surface area contributed by atoms with E-state index in [1.54, 1.807) is 11.3 Å². The van der Waals surface area contributed by atoms with Gasteiger partial charge in [0, 0.05) is 22.3 Å². The van der Waals surface area contributed by atoms with Gasteiger partial charge in [-0.1, -0.05) is 158 Å². The highest BCUT2D eigenvalue weighted by atomic mass is 32.1. The van der Waals surface area contributed by atoms with E-state index in [0.29, 0.717) is 23.0 Å². The maximum absolute atomic E-state index is 4.99. The summed E-state index contributed by atoms with van der Waals surface area (Å²) < 4.78 is 0.915. The first-order valence-corrected chi connectivity index (χ1v) is 20.0. The molecule has 0 aliphatic carbocycles. The summed E-state index contributed by atoms with van der Waals surface area (Å²) in [6.45, 7) is 0. The van der Waals surface area contributed by atoms with E-state index in [1.807, 2.05) is 60.7 Å². The van der Waals surface area contributed by atoms with Crippen LogP contribution in [0.4, 0.5) is 0 Å². The van der Waals surface area contributed by atoms with Crippen molar-refractivity contribution >= 4 is 42.9 Å². The fourth-order valence-electron chi connectivity index (χ4n) is 7.39. The Bertz CT molecular complexity index is 3320. The van der Waals surface area contributed by atoms with Crippen LogP contribution >= 0.6 is 11.3 Å². The second-order valence-electron chi connectivity index (χ2n) is 14.1. The highest BCUT2D eigenvalue weighted by Gasteiger charge is 2.18. The van der Waals surface area contributed by atoms with Crippen molar-refractivity contribution in [3.05, 3.63) is 182 Å². The van der Waals surface area contributed by atoms with Crippen LogP contribution in [-0.2, 0) is 0 Å². The monoisotopic (exact) mass is 774 g/mol. The smallest absolute Gasteiger partial charge is 0.164 e. The summed E-state index contributed by atoms with van der Waals surface area (Å²) in [5.41, 5.74) is 14.3. The molecular formula is C50H30N8S. The number of fused-ring (bicyclic) bond motifs is 4. The summed E-state index contributed by atoms with van der Waals surface area (Å²) in [6, 6.07) is 62.1. The highest BCUT2D eigenvalue weighted by Crippen LogP contribution is 2.38. The first-order chi connectivity index (χ1) is 29.2. The average Bonchev–Trinajstić information content (AvgIpc) is 3.69. The van der Waals surface area contributed by atoms with E-state index in [-0.39, 0.29) is 0 Å². The van der Waals surface area contributed by atoms with Crippen LogP contribution in [0.2, 0.25) is 0 Å². The van der Waals surface area contributed by atoms with Gasteiger partial charge < -0.3 is 0 Å². The Morgan fingerprint density at radius 3 is 1.34 bits per heavy atom. The van der Waals surface area contributed by atoms with E-state index in [0.717, 1.165) is 87.4 Å². The number of aromatic nitrogens is 8. The second-order valence-corrected chi connectivity index (χ2v) is 15.1. The molecule has 8 nitrogen and oxygen atoms in total. The van der Waals surface area contributed by atoms with Gasteiger partial charge in [-0.05, 0) is 62.9 Å². The van der Waals surface area contributed by atoms with E-state index in [2.05, 4.69) is 137 Å². The quantitative estimate of drug-likeness (QED) is 0.158. The van der Waals surface area contributed by atoms with Crippen LogP contribution in [0.15, 0.2) is 182 Å². The fourth-order valence-corrected chi connectivity index (χ4v) is 8.46. The zero-order chi connectivity index (χ0) is 39.1. The second kappa shape index (κ2) is 14.6. The maximum atomic E-state index is 4.99. The summed E-state index contributed by atoms with van der Waals surface area (Å²) >= 11 is 1.55. The third-order valence-electron chi connectivity index (χ3n) is 10.4. The minimum atomic E-state index is 0.616. The number of hydrogen-bond acceptors (Lipinski definition) is 9. The average molecular weight is 775 g/mol. The van der Waals surface area contributed by atoms with Crippen LogP contribution < -0.4 is 0 Å². The molecule has 0 N–H and O–H groups in total. The van der Waals surface area contributed by atoms with Gasteiger partial charge in [-0.3, -0.25) is 0 Å². The molecule has 9 heteroatoms. The predicted molar refractivity (Wildman–Crippen MR) is 237 cm³/mol. The SMILES string of the molecule is c1ccc(-c2ccc(-c3nc(-c4ccccc4)nc(-c4ccc(-c5cccc(-c6cccc(-c7nnnc8c7sc7nc9ccccc9nc78)c6)c5)cc4)n3)cc2)cc1. The highest BCUT2D eigenvalue weighted by molar-refractivity contribution is 7.25. The molecule has 11 rings (SSSR count). The molecule has 0 aliphatic rings. The van der Waals surface area contributed by atoms with E-state index in [1.165, 1.54) is 0 Å². The van der Waals surface area contributed by atoms with Gasteiger partial charge in [-0.25, -0.2) is 24.9 Å². The topological polar surface area (TPSA) is 103 Å². The maximum Gasteiger partial charge on any atom is 0.164 e. The minimum Gasteiger partial charge on any atom is -0.241 e. The van der Waals surface area contributed by atoms with Crippen molar-refractivity contribution in [1.82, 2.24) is 40.3 Å². The molecule has 59 heavy (non-hydrogen) atoms. The normalized spacial score (nSPS) is 11.4. The van der Waals surface area contributed by atoms with E-state index >= 15 is 0 Å². The lowest BCUT2D eigenvalue weighted by atomic mass is 9.97. The van der Waals surface area contributed by atoms with Crippen LogP contribution in [0.5, 0.6) is 0 Å². The number of hydrogen-bond donors (Lipinski definition) is 0. The molecule has 0 unspecified atom stereocenters. The van der Waals surface area contributed by atoms with Crippen molar-refractivity contribution in [2.24, 2.45) is 0 Å². The van der Waals surface area contributed by atoms with Crippen molar-refractivity contribution in [2.45, 2.75) is 0 Å². The summed E-state index contributed by atoms with van der Waals surface area (Å²) in [7, 11) is 0. The van der Waals surface area contributed by atoms with Crippen molar-refractivity contribution < 1.29 is 0 Å². The standard InChI is InChI=1S/C50H30N8S/c1-3-11-31(12-4-1)32-21-25-35(26-22-32)48-53-47(34-13-5-2-6-14-34)54-49(55-48)36-27-23-33(24-28-36)37-15-9-16-38(29-37)39-17-10-18-40(30-39)43-46-44(57-58-56-43)45-50(59-46)52-42-20-8-7-19-41(42)51-45/h1-30H. The molecule has 0 spiro atoms. The Kier molecular flexibility index (Phi) is 8.49. The van der Waals surface area contributed by atoms with Gasteiger partial charge in [0.15, 0.2) is 17.5 Å². The summed E-state index contributed by atoms with van der Waals surface area (Å²) in [6.07, 6.45) is 0. The summed E-state index contributed by atoms with van der Waals surface area (Å²) in [5.74, 6) is 1.87. The predicted octanol–water partition coefficient (Wildman–Crippen LogP) is 12.0. The number of benzene rings is 7. The Morgan fingerprint density at radius 2 is 0.729 bits per heavy atom. The molecule has 276 valence electrons. The Labute approximate surface area is 342 Å². The first-order valence-electron chi connectivity index (χ1n) is 19.2. The Morgan fingerprint density at radius 1 is 0.305 bits per heavy atom. The van der Waals surface area contributed by atoms with Gasteiger partial charge in [0.2, 0.25) is 0 Å². The lowest BCUT2D eigenvalue weighted by molar-refractivity contribution is 0.904. The molecule has 7 aromatic carbocycles. The van der Waals surface area contributed by atoms with Crippen LogP contribution in [0.25, 0.3) is 110 Å². The third-order valence-corrected chi connectivity index (χ3v) is 11.5. The molecule has 0 saturated heterocycles. The molecule has 0 bridgehead atoms. The molecule has 0 amide bonds. The number of rotatable bonds is 7. The number of nitrogens with zero attached hydrogens (tertiary/aromatic N) is 8. The van der Waals surface area contributed by atoms with Gasteiger partial charge in [0.25, 0.3) is 0 Å². The van der Waals surface area contributed by atoms with Gasteiger partial charge in [-0.2, -0.15) is 0 Å². The molecule has 0 radical (unpaired) electrons. The minimum absolute atomic E-state index is 0.616. The van der Waals surface area contributed by atoms with Crippen LogP contribution in [-0.4, -0.2) is 40.3 Å². The van der Waals surface area contributed by atoms with Crippen molar-refractivity contribution in [3.8, 4) is 78.8 Å². The van der Waals surface area contributed by atoms with Crippen LogP contribution in [0.1, 0.15) is 0 Å². The zero-order valence-electron chi connectivity index (χ0n) is 31.3. The Balaban J connectivity index is 0.909. The lowest BCUT2D eigenvalue weighted by Crippen LogP contribution is -2.00. The lowest BCUT2D eigenvalue weighted by Gasteiger charge is -2.10. The fraction of sp³-hybridized carbons (Fsp3) is 0. The largest absolute Gasteiger partial charge is 0.241 e. The van der Waals surface area contributed by atoms with Crippen molar-refractivity contribution in [1.29, 1.82) is 0 Å². The first kappa shape index (κ1) is 34.4. The molecule has 0 saturated carbocycles. The van der Waals surface area contributed by atoms with E-state index < -0.39 is 0 Å².